The molecular weight excluding hydrogens is 314 g/mol. The number of aryl methyl sites for hydroxylation is 1. The van der Waals surface area contributed by atoms with Crippen molar-refractivity contribution in [3.05, 3.63) is 28.8 Å². The molecule has 0 unspecified atom stereocenters. The number of nitrogens with zero attached hydrogens (tertiary/aromatic N) is 2. The predicted octanol–water partition coefficient (Wildman–Crippen LogP) is 1.93. The Kier molecular flexibility index (Phi) is 5.74. The van der Waals surface area contributed by atoms with Crippen molar-refractivity contribution in [3.63, 3.8) is 0 Å². The fraction of sp³-hybridized carbons (Fsp3) is 0.385. The van der Waals surface area contributed by atoms with Gasteiger partial charge in [-0.15, -0.1) is 0 Å². The van der Waals surface area contributed by atoms with Crippen molar-refractivity contribution in [2.45, 2.75) is 20.8 Å². The fourth-order valence-corrected chi connectivity index (χ4v) is 2.76. The lowest BCUT2D eigenvalue weighted by atomic mass is 10.2. The molecule has 0 aromatic heterocycles. The molecule has 0 aliphatic rings. The van der Waals surface area contributed by atoms with Crippen molar-refractivity contribution in [3.8, 4) is 0 Å². The zero-order valence-corrected chi connectivity index (χ0v) is 13.9. The number of hydrogen-bond acceptors (Lipinski definition) is 4. The van der Waals surface area contributed by atoms with Crippen molar-refractivity contribution < 1.29 is 13.2 Å². The molecule has 0 aliphatic carbocycles. The first-order valence-corrected chi connectivity index (χ1v) is 8.37. The first-order chi connectivity index (χ1) is 9.61. The third kappa shape index (κ3) is 5.35. The number of carbonyl (C=O) groups excluding carboxylic acids is 1. The number of anilines is 1. The van der Waals surface area contributed by atoms with E-state index in [2.05, 4.69) is 10.5 Å². The molecule has 0 saturated heterocycles. The highest BCUT2D eigenvalue weighted by Crippen LogP contribution is 2.25. The monoisotopic (exact) mass is 331 g/mol. The van der Waals surface area contributed by atoms with Crippen LogP contribution in [0.5, 0.6) is 0 Å². The predicted molar refractivity (Wildman–Crippen MR) is 85.3 cm³/mol. The molecule has 8 heteroatoms. The van der Waals surface area contributed by atoms with Crippen molar-refractivity contribution in [2.75, 3.05) is 17.1 Å². The summed E-state index contributed by atoms with van der Waals surface area (Å²) in [6.07, 6.45) is 1.04. The van der Waals surface area contributed by atoms with Gasteiger partial charge in [-0.05, 0) is 44.5 Å². The molecule has 0 spiro atoms. The fourth-order valence-electron chi connectivity index (χ4n) is 1.62. The molecule has 1 amide bonds. The van der Waals surface area contributed by atoms with E-state index in [0.29, 0.717) is 22.0 Å². The number of hydrazone groups is 1. The van der Waals surface area contributed by atoms with Crippen LogP contribution in [-0.2, 0) is 14.8 Å². The van der Waals surface area contributed by atoms with Gasteiger partial charge in [-0.2, -0.15) is 5.10 Å². The van der Waals surface area contributed by atoms with Crippen molar-refractivity contribution in [2.24, 2.45) is 5.10 Å². The van der Waals surface area contributed by atoms with Gasteiger partial charge in [0.1, 0.15) is 6.54 Å². The number of hydrogen-bond donors (Lipinski definition) is 1. The lowest BCUT2D eigenvalue weighted by Crippen LogP contribution is -2.39. The van der Waals surface area contributed by atoms with E-state index in [9.17, 15) is 13.2 Å². The second-order valence-electron chi connectivity index (χ2n) is 4.79. The highest BCUT2D eigenvalue weighted by Gasteiger charge is 2.22. The van der Waals surface area contributed by atoms with Crippen LogP contribution >= 0.6 is 11.6 Å². The summed E-state index contributed by atoms with van der Waals surface area (Å²) in [4.78, 5) is 11.8. The van der Waals surface area contributed by atoms with Crippen LogP contribution in [0.25, 0.3) is 0 Å². The molecule has 0 radical (unpaired) electrons. The summed E-state index contributed by atoms with van der Waals surface area (Å²) in [5, 5.41) is 4.26. The summed E-state index contributed by atoms with van der Waals surface area (Å²) in [5.41, 5.74) is 4.04. The van der Waals surface area contributed by atoms with E-state index in [1.165, 1.54) is 0 Å². The Balaban J connectivity index is 3.08. The molecule has 1 N–H and O–H groups in total. The average Bonchev–Trinajstić information content (AvgIpc) is 2.33. The number of nitrogens with one attached hydrogen (secondary N) is 1. The van der Waals surface area contributed by atoms with Crippen molar-refractivity contribution >= 4 is 38.9 Å². The summed E-state index contributed by atoms with van der Waals surface area (Å²) in [6.45, 7) is 4.82. The topological polar surface area (TPSA) is 78.8 Å². The zero-order chi connectivity index (χ0) is 16.2. The minimum Gasteiger partial charge on any atom is -0.271 e. The van der Waals surface area contributed by atoms with Crippen LogP contribution < -0.4 is 9.73 Å². The van der Waals surface area contributed by atoms with E-state index < -0.39 is 15.9 Å². The first kappa shape index (κ1) is 17.5. The lowest BCUT2D eigenvalue weighted by Gasteiger charge is -2.23. The van der Waals surface area contributed by atoms with Gasteiger partial charge in [0.25, 0.3) is 5.91 Å². The van der Waals surface area contributed by atoms with E-state index in [1.54, 1.807) is 39.0 Å². The van der Waals surface area contributed by atoms with E-state index in [4.69, 9.17) is 11.6 Å². The smallest absolute Gasteiger partial charge is 0.260 e. The van der Waals surface area contributed by atoms with E-state index in [0.717, 1.165) is 10.6 Å². The second-order valence-corrected chi connectivity index (χ2v) is 7.14. The van der Waals surface area contributed by atoms with Crippen LogP contribution in [0.1, 0.15) is 19.4 Å². The number of rotatable bonds is 5. The van der Waals surface area contributed by atoms with Gasteiger partial charge in [-0.1, -0.05) is 11.6 Å². The third-order valence-electron chi connectivity index (χ3n) is 2.52. The highest BCUT2D eigenvalue weighted by atomic mass is 35.5. The Morgan fingerprint density at radius 2 is 2.00 bits per heavy atom. The van der Waals surface area contributed by atoms with Gasteiger partial charge in [0.15, 0.2) is 0 Å². The third-order valence-corrected chi connectivity index (χ3v) is 3.88. The van der Waals surface area contributed by atoms with Crippen LogP contribution in [-0.4, -0.2) is 32.8 Å². The van der Waals surface area contributed by atoms with Gasteiger partial charge in [0.2, 0.25) is 10.0 Å². The summed E-state index contributed by atoms with van der Waals surface area (Å²) in [7, 11) is -3.61. The minimum atomic E-state index is -3.61. The minimum absolute atomic E-state index is 0.349. The van der Waals surface area contributed by atoms with Crippen LogP contribution in [0.3, 0.4) is 0 Å². The molecule has 1 aromatic rings. The Morgan fingerprint density at radius 1 is 1.38 bits per heavy atom. The SMILES string of the molecule is CC(C)=NNC(=O)CN(c1ccc(Cl)cc1C)S(C)(=O)=O. The van der Waals surface area contributed by atoms with Crippen molar-refractivity contribution in [1.82, 2.24) is 5.43 Å². The van der Waals surface area contributed by atoms with Crippen LogP contribution in [0.4, 0.5) is 5.69 Å². The van der Waals surface area contributed by atoms with Gasteiger partial charge in [0, 0.05) is 10.7 Å². The Hall–Kier alpha value is -1.60. The number of halogens is 1. The quantitative estimate of drug-likeness (QED) is 0.661. The maximum absolute atomic E-state index is 11.9. The van der Waals surface area contributed by atoms with Gasteiger partial charge in [0.05, 0.1) is 11.9 Å². The molecule has 1 rings (SSSR count). The summed E-state index contributed by atoms with van der Waals surface area (Å²) >= 11 is 5.86. The number of sulfonamides is 1. The van der Waals surface area contributed by atoms with Crippen molar-refractivity contribution in [1.29, 1.82) is 0 Å². The molecule has 0 bridgehead atoms. The normalized spacial score (nSPS) is 10.9. The Bertz CT molecular complexity index is 667. The van der Waals surface area contributed by atoms with Gasteiger partial charge in [-0.25, -0.2) is 13.8 Å². The summed E-state index contributed by atoms with van der Waals surface area (Å²) in [5.74, 6) is -0.518. The number of benzene rings is 1. The standard InChI is InChI=1S/C13H18ClN3O3S/c1-9(2)15-16-13(18)8-17(21(4,19)20)12-6-5-11(14)7-10(12)3/h5-7H,8H2,1-4H3,(H,16,18). The Labute approximate surface area is 129 Å². The molecular formula is C13H18ClN3O3S. The Morgan fingerprint density at radius 3 is 2.48 bits per heavy atom. The maximum atomic E-state index is 11.9. The van der Waals surface area contributed by atoms with Gasteiger partial charge < -0.3 is 0 Å². The number of amides is 1. The molecule has 0 heterocycles. The number of carbonyl (C=O) groups is 1. The summed E-state index contributed by atoms with van der Waals surface area (Å²) < 4.78 is 24.9. The van der Waals surface area contributed by atoms with E-state index in [-0.39, 0.29) is 6.54 Å². The average molecular weight is 332 g/mol. The molecule has 21 heavy (non-hydrogen) atoms. The van der Waals surface area contributed by atoms with Crippen LogP contribution in [0, 0.1) is 6.92 Å². The summed E-state index contributed by atoms with van der Waals surface area (Å²) in [6, 6.07) is 4.79. The van der Waals surface area contributed by atoms with Crippen LogP contribution in [0.15, 0.2) is 23.3 Å². The van der Waals surface area contributed by atoms with Gasteiger partial charge >= 0.3 is 0 Å². The van der Waals surface area contributed by atoms with E-state index in [1.807, 2.05) is 0 Å². The van der Waals surface area contributed by atoms with Gasteiger partial charge in [-0.3, -0.25) is 9.10 Å². The molecule has 1 aromatic carbocycles. The lowest BCUT2D eigenvalue weighted by molar-refractivity contribution is -0.119. The van der Waals surface area contributed by atoms with E-state index >= 15 is 0 Å². The second kappa shape index (κ2) is 6.91. The molecule has 0 aliphatic heterocycles. The van der Waals surface area contributed by atoms with Crippen LogP contribution in [0.2, 0.25) is 5.02 Å². The maximum Gasteiger partial charge on any atom is 0.260 e. The molecule has 0 fully saturated rings. The zero-order valence-electron chi connectivity index (χ0n) is 12.3. The largest absolute Gasteiger partial charge is 0.271 e. The molecule has 116 valence electrons. The highest BCUT2D eigenvalue weighted by molar-refractivity contribution is 7.92. The molecule has 0 saturated carbocycles. The molecule has 0 atom stereocenters. The molecule has 6 nitrogen and oxygen atoms in total. The first-order valence-electron chi connectivity index (χ1n) is 6.15.